The molecule has 0 atom stereocenters. The van der Waals surface area contributed by atoms with E-state index >= 15 is 0 Å². The Balaban J connectivity index is 2.07. The van der Waals surface area contributed by atoms with Crippen LogP contribution in [0.1, 0.15) is 15.9 Å². The van der Waals surface area contributed by atoms with Crippen molar-refractivity contribution in [1.82, 2.24) is 10.4 Å². The van der Waals surface area contributed by atoms with E-state index in [0.29, 0.717) is 11.1 Å². The summed E-state index contributed by atoms with van der Waals surface area (Å²) in [6.45, 7) is 0. The van der Waals surface area contributed by atoms with Gasteiger partial charge in [-0.15, -0.1) is 0 Å². The number of pyridine rings is 1. The van der Waals surface area contributed by atoms with Gasteiger partial charge >= 0.3 is 0 Å². The molecule has 0 aliphatic carbocycles. The topological polar surface area (TPSA) is 97.5 Å². The molecule has 106 valence electrons. The number of amides is 1. The molecule has 0 saturated heterocycles. The van der Waals surface area contributed by atoms with E-state index in [0.717, 1.165) is 0 Å². The molecule has 2 rings (SSSR count). The van der Waals surface area contributed by atoms with Crippen LogP contribution in [0.4, 0.5) is 5.69 Å². The Bertz CT molecular complexity index is 704. The largest absolute Gasteiger partial charge is 0.288 e. The van der Waals surface area contributed by atoms with Crippen molar-refractivity contribution >= 4 is 29.4 Å². The number of aromatic nitrogens is 1. The molecule has 21 heavy (non-hydrogen) atoms. The number of hydrogen-bond donors (Lipinski definition) is 1. The first-order chi connectivity index (χ1) is 10.1. The molecule has 0 unspecified atom stereocenters. The number of benzene rings is 1. The second-order valence-electron chi connectivity index (χ2n) is 3.90. The van der Waals surface area contributed by atoms with Gasteiger partial charge in [-0.25, -0.2) is 5.43 Å². The number of nitrogens with one attached hydrogen (secondary N) is 1. The molecule has 1 aromatic heterocycles. The summed E-state index contributed by atoms with van der Waals surface area (Å²) in [6, 6.07) is 7.30. The third-order valence-corrected chi connectivity index (χ3v) is 2.81. The molecule has 7 nitrogen and oxygen atoms in total. The van der Waals surface area contributed by atoms with Gasteiger partial charge in [0, 0.05) is 29.6 Å². The summed E-state index contributed by atoms with van der Waals surface area (Å²) in [4.78, 5) is 25.6. The van der Waals surface area contributed by atoms with E-state index in [1.165, 1.54) is 42.9 Å². The van der Waals surface area contributed by atoms with E-state index in [1.807, 2.05) is 0 Å². The zero-order valence-corrected chi connectivity index (χ0v) is 11.3. The highest BCUT2D eigenvalue weighted by atomic mass is 35.5. The number of rotatable bonds is 4. The zero-order valence-electron chi connectivity index (χ0n) is 10.6. The first kappa shape index (κ1) is 14.6. The van der Waals surface area contributed by atoms with Gasteiger partial charge in [-0.2, -0.15) is 5.10 Å². The summed E-state index contributed by atoms with van der Waals surface area (Å²) < 4.78 is 0. The fourth-order valence-corrected chi connectivity index (χ4v) is 1.67. The maximum absolute atomic E-state index is 11.7. The van der Waals surface area contributed by atoms with Crippen molar-refractivity contribution in [2.24, 2.45) is 5.10 Å². The molecule has 8 heteroatoms. The number of hydrogen-bond acceptors (Lipinski definition) is 5. The lowest BCUT2D eigenvalue weighted by atomic mass is 10.2. The summed E-state index contributed by atoms with van der Waals surface area (Å²) >= 11 is 5.69. The van der Waals surface area contributed by atoms with Crippen molar-refractivity contribution in [3.05, 3.63) is 69.0 Å². The predicted octanol–water partition coefficient (Wildman–Crippen LogP) is 2.41. The summed E-state index contributed by atoms with van der Waals surface area (Å²) in [5, 5.41) is 14.5. The number of carbonyl (C=O) groups is 1. The van der Waals surface area contributed by atoms with Gasteiger partial charge in [0.25, 0.3) is 11.6 Å². The highest BCUT2D eigenvalue weighted by Gasteiger charge is 2.11. The van der Waals surface area contributed by atoms with Gasteiger partial charge < -0.3 is 0 Å². The Morgan fingerprint density at radius 1 is 1.33 bits per heavy atom. The molecule has 0 aliphatic rings. The monoisotopic (exact) mass is 304 g/mol. The van der Waals surface area contributed by atoms with Gasteiger partial charge in [0.05, 0.1) is 11.1 Å². The van der Waals surface area contributed by atoms with Crippen LogP contribution in [-0.2, 0) is 0 Å². The molecule has 0 bridgehead atoms. The van der Waals surface area contributed by atoms with E-state index in [9.17, 15) is 14.9 Å². The van der Waals surface area contributed by atoms with Crippen LogP contribution in [0.2, 0.25) is 5.02 Å². The van der Waals surface area contributed by atoms with Gasteiger partial charge in [-0.05, 0) is 18.2 Å². The number of nitro groups is 1. The van der Waals surface area contributed by atoms with E-state index in [4.69, 9.17) is 11.6 Å². The summed E-state index contributed by atoms with van der Waals surface area (Å²) in [6.07, 6.45) is 4.27. The maximum atomic E-state index is 11.7. The van der Waals surface area contributed by atoms with E-state index in [1.54, 1.807) is 6.07 Å². The minimum atomic E-state index is -0.588. The molecule has 1 heterocycles. The molecular formula is C13H9ClN4O3. The number of nitro benzene ring substituents is 1. The molecule has 1 amide bonds. The van der Waals surface area contributed by atoms with Gasteiger partial charge in [0.1, 0.15) is 5.02 Å². The highest BCUT2D eigenvalue weighted by molar-refractivity contribution is 6.32. The first-order valence-corrected chi connectivity index (χ1v) is 6.13. The van der Waals surface area contributed by atoms with Crippen LogP contribution in [0.5, 0.6) is 0 Å². The molecule has 1 aromatic carbocycles. The van der Waals surface area contributed by atoms with Gasteiger partial charge in [-0.3, -0.25) is 19.9 Å². The zero-order chi connectivity index (χ0) is 15.2. The lowest BCUT2D eigenvalue weighted by Crippen LogP contribution is -2.17. The van der Waals surface area contributed by atoms with Crippen LogP contribution in [0.25, 0.3) is 0 Å². The Hall–Kier alpha value is -2.80. The number of halogens is 1. The average Bonchev–Trinajstić information content (AvgIpc) is 2.49. The third kappa shape index (κ3) is 3.83. The molecule has 1 N–H and O–H groups in total. The Kier molecular flexibility index (Phi) is 4.57. The second kappa shape index (κ2) is 6.58. The fraction of sp³-hybridized carbons (Fsp3) is 0. The SMILES string of the molecule is O=C(N/N=C\c1ccc(Cl)c([N+](=O)[O-])c1)c1ccncc1. The smallest absolute Gasteiger partial charge is 0.267 e. The van der Waals surface area contributed by atoms with Gasteiger partial charge in [0.15, 0.2) is 0 Å². The molecule has 0 aliphatic heterocycles. The lowest BCUT2D eigenvalue weighted by molar-refractivity contribution is -0.384. The quantitative estimate of drug-likeness (QED) is 0.533. The van der Waals surface area contributed by atoms with Crippen molar-refractivity contribution in [3.8, 4) is 0 Å². The normalized spacial score (nSPS) is 10.5. The van der Waals surface area contributed by atoms with Crippen LogP contribution < -0.4 is 5.43 Å². The molecule has 2 aromatic rings. The Morgan fingerprint density at radius 3 is 2.71 bits per heavy atom. The average molecular weight is 305 g/mol. The van der Waals surface area contributed by atoms with Crippen molar-refractivity contribution in [2.75, 3.05) is 0 Å². The van der Waals surface area contributed by atoms with Crippen molar-refractivity contribution in [3.63, 3.8) is 0 Å². The molecule has 0 radical (unpaired) electrons. The number of carbonyl (C=O) groups excluding carboxylic acids is 1. The number of nitrogens with zero attached hydrogens (tertiary/aromatic N) is 3. The van der Waals surface area contributed by atoms with E-state index < -0.39 is 10.8 Å². The second-order valence-corrected chi connectivity index (χ2v) is 4.31. The van der Waals surface area contributed by atoms with Gasteiger partial charge in [-0.1, -0.05) is 17.7 Å². The minimum Gasteiger partial charge on any atom is -0.267 e. The Labute approximate surface area is 124 Å². The van der Waals surface area contributed by atoms with Crippen LogP contribution in [0.15, 0.2) is 47.8 Å². The third-order valence-electron chi connectivity index (χ3n) is 2.49. The van der Waals surface area contributed by atoms with E-state index in [2.05, 4.69) is 15.5 Å². The van der Waals surface area contributed by atoms with Crippen molar-refractivity contribution < 1.29 is 9.72 Å². The first-order valence-electron chi connectivity index (χ1n) is 5.75. The molecule has 0 spiro atoms. The lowest BCUT2D eigenvalue weighted by Gasteiger charge is -1.99. The molecular weight excluding hydrogens is 296 g/mol. The standard InChI is InChI=1S/C13H9ClN4O3/c14-11-2-1-9(7-12(11)18(20)21)8-16-17-13(19)10-3-5-15-6-4-10/h1-8H,(H,17,19)/b16-8-. The summed E-state index contributed by atoms with van der Waals surface area (Å²) in [5.74, 6) is -0.405. The van der Waals surface area contributed by atoms with Crippen LogP contribution in [0, 0.1) is 10.1 Å². The maximum Gasteiger partial charge on any atom is 0.288 e. The van der Waals surface area contributed by atoms with Crippen LogP contribution in [0.3, 0.4) is 0 Å². The Morgan fingerprint density at radius 2 is 2.05 bits per heavy atom. The van der Waals surface area contributed by atoms with Crippen molar-refractivity contribution in [1.29, 1.82) is 0 Å². The minimum absolute atomic E-state index is 0.0398. The summed E-state index contributed by atoms with van der Waals surface area (Å²) in [7, 11) is 0. The summed E-state index contributed by atoms with van der Waals surface area (Å²) in [5.41, 5.74) is 2.94. The van der Waals surface area contributed by atoms with E-state index in [-0.39, 0.29) is 10.7 Å². The number of hydrazone groups is 1. The van der Waals surface area contributed by atoms with Crippen LogP contribution >= 0.6 is 11.6 Å². The molecule has 0 saturated carbocycles. The molecule has 0 fully saturated rings. The highest BCUT2D eigenvalue weighted by Crippen LogP contribution is 2.24. The van der Waals surface area contributed by atoms with Crippen LogP contribution in [-0.4, -0.2) is 22.0 Å². The fourth-order valence-electron chi connectivity index (χ4n) is 1.48. The predicted molar refractivity (Wildman–Crippen MR) is 77.4 cm³/mol. The van der Waals surface area contributed by atoms with Crippen molar-refractivity contribution in [2.45, 2.75) is 0 Å². The van der Waals surface area contributed by atoms with Gasteiger partial charge in [0.2, 0.25) is 0 Å².